The fourth-order valence-electron chi connectivity index (χ4n) is 3.89. The van der Waals surface area contributed by atoms with E-state index in [-0.39, 0.29) is 0 Å². The van der Waals surface area contributed by atoms with Gasteiger partial charge < -0.3 is 9.47 Å². The summed E-state index contributed by atoms with van der Waals surface area (Å²) in [5.74, 6) is 3.21. The first kappa shape index (κ1) is 18.6. The first-order chi connectivity index (χ1) is 14.2. The van der Waals surface area contributed by atoms with Crippen molar-refractivity contribution < 1.29 is 9.47 Å². The molecule has 5 nitrogen and oxygen atoms in total. The van der Waals surface area contributed by atoms with Gasteiger partial charge in [0, 0.05) is 59.2 Å². The van der Waals surface area contributed by atoms with Gasteiger partial charge in [-0.05, 0) is 48.7 Å². The number of aromatic nitrogens is 2. The van der Waals surface area contributed by atoms with Gasteiger partial charge in [0.1, 0.15) is 5.82 Å². The summed E-state index contributed by atoms with van der Waals surface area (Å²) in [6, 6.07) is 10.5. The van der Waals surface area contributed by atoms with Crippen LogP contribution in [0.15, 0.2) is 36.5 Å². The quantitative estimate of drug-likeness (QED) is 0.595. The zero-order valence-corrected chi connectivity index (χ0v) is 17.7. The standard InChI is InChI=1S/C23H25N3O2S/c1-27-20-7-5-16(11-21(20)28-2)22-8-6-18(29-22)14-26-10-9-19-17(13-26)12-24-23(25-19)15-3-4-15/h5-8,11-12,15H,3-4,9-10,13-14H2,1-2H3. The van der Waals surface area contributed by atoms with Gasteiger partial charge in [-0.1, -0.05) is 0 Å². The molecule has 0 N–H and O–H groups in total. The van der Waals surface area contributed by atoms with Gasteiger partial charge in [0.2, 0.25) is 0 Å². The molecule has 0 amide bonds. The highest BCUT2D eigenvalue weighted by molar-refractivity contribution is 7.15. The van der Waals surface area contributed by atoms with E-state index >= 15 is 0 Å². The summed E-state index contributed by atoms with van der Waals surface area (Å²) in [7, 11) is 3.34. The molecule has 1 aromatic carbocycles. The summed E-state index contributed by atoms with van der Waals surface area (Å²) < 4.78 is 10.8. The van der Waals surface area contributed by atoms with E-state index in [1.807, 2.05) is 23.5 Å². The lowest BCUT2D eigenvalue weighted by atomic mass is 10.1. The van der Waals surface area contributed by atoms with E-state index in [1.165, 1.54) is 33.9 Å². The first-order valence-corrected chi connectivity index (χ1v) is 10.9. The number of thiophene rings is 1. The Morgan fingerprint density at radius 3 is 2.76 bits per heavy atom. The van der Waals surface area contributed by atoms with Crippen LogP contribution < -0.4 is 9.47 Å². The molecule has 1 saturated carbocycles. The summed E-state index contributed by atoms with van der Waals surface area (Å²) in [6.45, 7) is 2.95. The molecule has 1 fully saturated rings. The number of nitrogens with zero attached hydrogens (tertiary/aromatic N) is 3. The highest BCUT2D eigenvalue weighted by Crippen LogP contribution is 2.38. The Balaban J connectivity index is 1.28. The van der Waals surface area contributed by atoms with Crippen molar-refractivity contribution in [1.29, 1.82) is 0 Å². The van der Waals surface area contributed by atoms with Crippen molar-refractivity contribution in [2.24, 2.45) is 0 Å². The van der Waals surface area contributed by atoms with Gasteiger partial charge in [-0.3, -0.25) is 4.90 Å². The molecule has 0 bridgehead atoms. The molecule has 0 radical (unpaired) electrons. The highest BCUT2D eigenvalue weighted by Gasteiger charge is 2.28. The average molecular weight is 408 g/mol. The molecule has 29 heavy (non-hydrogen) atoms. The van der Waals surface area contributed by atoms with Gasteiger partial charge >= 0.3 is 0 Å². The third-order valence-electron chi connectivity index (χ3n) is 5.68. The van der Waals surface area contributed by atoms with E-state index in [1.54, 1.807) is 14.2 Å². The maximum Gasteiger partial charge on any atom is 0.161 e. The Hall–Kier alpha value is -2.44. The second kappa shape index (κ2) is 7.76. The lowest BCUT2D eigenvalue weighted by molar-refractivity contribution is 0.244. The number of benzene rings is 1. The van der Waals surface area contributed by atoms with Crippen molar-refractivity contribution in [3.8, 4) is 21.9 Å². The van der Waals surface area contributed by atoms with Gasteiger partial charge in [0.25, 0.3) is 0 Å². The monoisotopic (exact) mass is 407 g/mol. The van der Waals surface area contributed by atoms with Crippen LogP contribution in [0, 0.1) is 0 Å². The minimum absolute atomic E-state index is 0.624. The first-order valence-electron chi connectivity index (χ1n) is 10.1. The number of ether oxygens (including phenoxy) is 2. The Morgan fingerprint density at radius 2 is 1.97 bits per heavy atom. The smallest absolute Gasteiger partial charge is 0.161 e. The zero-order chi connectivity index (χ0) is 19.8. The van der Waals surface area contributed by atoms with E-state index in [9.17, 15) is 0 Å². The van der Waals surface area contributed by atoms with Crippen molar-refractivity contribution in [2.75, 3.05) is 20.8 Å². The van der Waals surface area contributed by atoms with Crippen LogP contribution >= 0.6 is 11.3 Å². The second-order valence-electron chi connectivity index (χ2n) is 7.77. The third kappa shape index (κ3) is 3.87. The molecular weight excluding hydrogens is 382 g/mol. The molecule has 3 heterocycles. The molecule has 0 unspecified atom stereocenters. The lowest BCUT2D eigenvalue weighted by Crippen LogP contribution is -2.30. The summed E-state index contributed by atoms with van der Waals surface area (Å²) in [5.41, 5.74) is 3.71. The van der Waals surface area contributed by atoms with Crippen LogP contribution in [0.25, 0.3) is 10.4 Å². The predicted octanol–water partition coefficient (Wildman–Crippen LogP) is 4.66. The van der Waals surface area contributed by atoms with Crippen LogP contribution in [0.5, 0.6) is 11.5 Å². The predicted molar refractivity (Wildman–Crippen MR) is 115 cm³/mol. The Bertz CT molecular complexity index is 1030. The largest absolute Gasteiger partial charge is 0.493 e. The van der Waals surface area contributed by atoms with Crippen LogP contribution in [0.1, 0.15) is 40.7 Å². The van der Waals surface area contributed by atoms with Gasteiger partial charge in [-0.25, -0.2) is 9.97 Å². The molecule has 0 atom stereocenters. The minimum Gasteiger partial charge on any atom is -0.493 e. The van der Waals surface area contributed by atoms with Gasteiger partial charge in [0.15, 0.2) is 11.5 Å². The van der Waals surface area contributed by atoms with Crippen molar-refractivity contribution in [1.82, 2.24) is 14.9 Å². The highest BCUT2D eigenvalue weighted by atomic mass is 32.1. The van der Waals surface area contributed by atoms with E-state index in [0.717, 1.165) is 48.9 Å². The van der Waals surface area contributed by atoms with Crippen molar-refractivity contribution in [2.45, 2.75) is 38.3 Å². The third-order valence-corrected chi connectivity index (χ3v) is 6.80. The maximum absolute atomic E-state index is 5.45. The van der Waals surface area contributed by atoms with Crippen LogP contribution in [0.4, 0.5) is 0 Å². The van der Waals surface area contributed by atoms with Crippen molar-refractivity contribution in [3.63, 3.8) is 0 Å². The molecule has 5 rings (SSSR count). The average Bonchev–Trinajstić information content (AvgIpc) is 3.51. The molecule has 2 aliphatic rings. The fraction of sp³-hybridized carbons (Fsp3) is 0.391. The maximum atomic E-state index is 5.45. The number of hydrogen-bond acceptors (Lipinski definition) is 6. The van der Waals surface area contributed by atoms with E-state index in [2.05, 4.69) is 34.3 Å². The number of hydrogen-bond donors (Lipinski definition) is 0. The summed E-state index contributed by atoms with van der Waals surface area (Å²) in [5, 5.41) is 0. The normalized spacial score (nSPS) is 16.5. The lowest BCUT2D eigenvalue weighted by Gasteiger charge is -2.27. The second-order valence-corrected chi connectivity index (χ2v) is 8.94. The van der Waals surface area contributed by atoms with Crippen molar-refractivity contribution in [3.05, 3.63) is 58.5 Å². The summed E-state index contributed by atoms with van der Waals surface area (Å²) >= 11 is 1.84. The van der Waals surface area contributed by atoms with Crippen LogP contribution in [-0.4, -0.2) is 35.6 Å². The van der Waals surface area contributed by atoms with E-state index < -0.39 is 0 Å². The molecule has 2 aromatic heterocycles. The Labute approximate surface area is 175 Å². The molecule has 150 valence electrons. The summed E-state index contributed by atoms with van der Waals surface area (Å²) in [4.78, 5) is 14.6. The van der Waals surface area contributed by atoms with Gasteiger partial charge in [-0.2, -0.15) is 0 Å². The molecular formula is C23H25N3O2S. The van der Waals surface area contributed by atoms with Gasteiger partial charge in [-0.15, -0.1) is 11.3 Å². The SMILES string of the molecule is COc1ccc(-c2ccc(CN3CCc4nc(C5CC5)ncc4C3)s2)cc1OC. The zero-order valence-electron chi connectivity index (χ0n) is 16.9. The Kier molecular flexibility index (Phi) is 4.97. The molecule has 3 aromatic rings. The molecule has 1 aliphatic carbocycles. The fourth-order valence-corrected chi connectivity index (χ4v) is 4.94. The molecule has 0 saturated heterocycles. The molecule has 6 heteroatoms. The van der Waals surface area contributed by atoms with Crippen LogP contribution in [0.2, 0.25) is 0 Å². The number of rotatable bonds is 6. The van der Waals surface area contributed by atoms with E-state index in [4.69, 9.17) is 14.5 Å². The van der Waals surface area contributed by atoms with Crippen LogP contribution in [0.3, 0.4) is 0 Å². The van der Waals surface area contributed by atoms with E-state index in [0.29, 0.717) is 5.92 Å². The number of methoxy groups -OCH3 is 2. The van der Waals surface area contributed by atoms with Crippen molar-refractivity contribution >= 4 is 11.3 Å². The molecule has 0 spiro atoms. The Morgan fingerprint density at radius 1 is 1.10 bits per heavy atom. The number of fused-ring (bicyclic) bond motifs is 1. The van der Waals surface area contributed by atoms with Crippen LogP contribution in [-0.2, 0) is 19.5 Å². The topological polar surface area (TPSA) is 47.5 Å². The summed E-state index contributed by atoms with van der Waals surface area (Å²) in [6.07, 6.45) is 5.59. The minimum atomic E-state index is 0.624. The van der Waals surface area contributed by atoms with Gasteiger partial charge in [0.05, 0.1) is 14.2 Å². The molecule has 1 aliphatic heterocycles.